The fourth-order valence-electron chi connectivity index (χ4n) is 2.99. The largest absolute Gasteiger partial charge is 0.334 e. The molecule has 114 valence electrons. The van der Waals surface area contributed by atoms with Crippen molar-refractivity contribution >= 4 is 21.8 Å². The Bertz CT molecular complexity index is 522. The lowest BCUT2D eigenvalue weighted by Crippen LogP contribution is -2.46. The van der Waals surface area contributed by atoms with Crippen LogP contribution in [0, 0.1) is 6.92 Å². The highest BCUT2D eigenvalue weighted by Crippen LogP contribution is 2.30. The van der Waals surface area contributed by atoms with Crippen LogP contribution in [-0.2, 0) is 0 Å². The maximum Gasteiger partial charge on any atom is 0.254 e. The number of halogens is 1. The summed E-state index contributed by atoms with van der Waals surface area (Å²) in [5.74, 6) is 0.186. The van der Waals surface area contributed by atoms with Crippen LogP contribution in [0.25, 0.3) is 0 Å². The predicted molar refractivity (Wildman–Crippen MR) is 88.6 cm³/mol. The SMILES string of the molecule is Cc1ccc(C(=O)N(CC2CCCCN2)C2CC2)cc1Br. The summed E-state index contributed by atoms with van der Waals surface area (Å²) in [6.07, 6.45) is 6.05. The molecule has 3 nitrogen and oxygen atoms in total. The summed E-state index contributed by atoms with van der Waals surface area (Å²) in [4.78, 5) is 14.9. The maximum absolute atomic E-state index is 12.8. The molecule has 1 aromatic rings. The first-order valence-corrected chi connectivity index (χ1v) is 8.75. The van der Waals surface area contributed by atoms with E-state index in [1.165, 1.54) is 24.8 Å². The zero-order chi connectivity index (χ0) is 14.8. The van der Waals surface area contributed by atoms with Gasteiger partial charge in [0.05, 0.1) is 0 Å². The molecule has 4 heteroatoms. The molecule has 2 fully saturated rings. The van der Waals surface area contributed by atoms with Crippen molar-refractivity contribution in [3.05, 3.63) is 33.8 Å². The van der Waals surface area contributed by atoms with Crippen LogP contribution < -0.4 is 5.32 Å². The highest BCUT2D eigenvalue weighted by molar-refractivity contribution is 9.10. The van der Waals surface area contributed by atoms with Crippen LogP contribution in [0.15, 0.2) is 22.7 Å². The number of nitrogens with one attached hydrogen (secondary N) is 1. The second-order valence-corrected chi connectivity index (χ2v) is 7.15. The van der Waals surface area contributed by atoms with E-state index < -0.39 is 0 Å². The molecule has 0 radical (unpaired) electrons. The van der Waals surface area contributed by atoms with Crippen molar-refractivity contribution in [2.24, 2.45) is 0 Å². The third kappa shape index (κ3) is 3.67. The number of aryl methyl sites for hydroxylation is 1. The summed E-state index contributed by atoms with van der Waals surface area (Å²) in [5, 5.41) is 3.56. The fourth-order valence-corrected chi connectivity index (χ4v) is 3.37. The third-order valence-electron chi connectivity index (χ3n) is 4.50. The van der Waals surface area contributed by atoms with Gasteiger partial charge >= 0.3 is 0 Å². The Kier molecular flexibility index (Phi) is 4.65. The molecule has 0 bridgehead atoms. The highest BCUT2D eigenvalue weighted by atomic mass is 79.9. The Morgan fingerprint density at radius 1 is 1.33 bits per heavy atom. The van der Waals surface area contributed by atoms with E-state index in [-0.39, 0.29) is 5.91 Å². The van der Waals surface area contributed by atoms with Crippen molar-refractivity contribution in [3.8, 4) is 0 Å². The normalized spacial score (nSPS) is 22.1. The van der Waals surface area contributed by atoms with Gasteiger partial charge in [-0.1, -0.05) is 28.4 Å². The molecule has 3 rings (SSSR count). The van der Waals surface area contributed by atoms with Crippen LogP contribution in [0.1, 0.15) is 48.0 Å². The number of carbonyl (C=O) groups is 1. The lowest BCUT2D eigenvalue weighted by atomic mass is 10.0. The van der Waals surface area contributed by atoms with Crippen LogP contribution in [0.5, 0.6) is 0 Å². The first kappa shape index (κ1) is 15.0. The van der Waals surface area contributed by atoms with Crippen LogP contribution in [-0.4, -0.2) is 36.0 Å². The quantitative estimate of drug-likeness (QED) is 0.901. The van der Waals surface area contributed by atoms with Gasteiger partial charge in [-0.3, -0.25) is 4.79 Å². The number of benzene rings is 1. The average molecular weight is 351 g/mol. The van der Waals surface area contributed by atoms with E-state index in [0.29, 0.717) is 12.1 Å². The molecule has 1 atom stereocenters. The molecule has 1 aliphatic carbocycles. The molecular weight excluding hydrogens is 328 g/mol. The Morgan fingerprint density at radius 2 is 2.14 bits per heavy atom. The van der Waals surface area contributed by atoms with Crippen molar-refractivity contribution in [3.63, 3.8) is 0 Å². The molecule has 1 unspecified atom stereocenters. The van der Waals surface area contributed by atoms with E-state index in [9.17, 15) is 4.79 Å². The Balaban J connectivity index is 1.73. The van der Waals surface area contributed by atoms with Crippen molar-refractivity contribution in [1.29, 1.82) is 0 Å². The second-order valence-electron chi connectivity index (χ2n) is 6.30. The molecule has 1 aliphatic heterocycles. The number of hydrogen-bond donors (Lipinski definition) is 1. The summed E-state index contributed by atoms with van der Waals surface area (Å²) < 4.78 is 1.01. The summed E-state index contributed by atoms with van der Waals surface area (Å²) in [5.41, 5.74) is 1.97. The van der Waals surface area contributed by atoms with Gasteiger partial charge in [-0.2, -0.15) is 0 Å². The van der Waals surface area contributed by atoms with Gasteiger partial charge in [-0.25, -0.2) is 0 Å². The topological polar surface area (TPSA) is 32.3 Å². The van der Waals surface area contributed by atoms with Crippen LogP contribution >= 0.6 is 15.9 Å². The van der Waals surface area contributed by atoms with Gasteiger partial charge in [-0.05, 0) is 56.8 Å². The van der Waals surface area contributed by atoms with E-state index in [1.807, 2.05) is 25.1 Å². The average Bonchev–Trinajstić information content (AvgIpc) is 3.33. The summed E-state index contributed by atoms with van der Waals surface area (Å²) >= 11 is 3.53. The molecule has 1 heterocycles. The van der Waals surface area contributed by atoms with Gasteiger partial charge in [0.15, 0.2) is 0 Å². The number of rotatable bonds is 4. The number of piperidine rings is 1. The predicted octanol–water partition coefficient (Wildman–Crippen LogP) is 3.50. The van der Waals surface area contributed by atoms with Gasteiger partial charge in [0, 0.05) is 28.7 Å². The summed E-state index contributed by atoms with van der Waals surface area (Å²) in [6.45, 7) is 3.99. The van der Waals surface area contributed by atoms with Gasteiger partial charge in [0.2, 0.25) is 0 Å². The number of carbonyl (C=O) groups excluding carboxylic acids is 1. The second kappa shape index (κ2) is 6.49. The van der Waals surface area contributed by atoms with Crippen LogP contribution in [0.4, 0.5) is 0 Å². The zero-order valence-corrected chi connectivity index (χ0v) is 14.2. The minimum absolute atomic E-state index is 0.186. The van der Waals surface area contributed by atoms with Gasteiger partial charge in [0.1, 0.15) is 0 Å². The molecule has 1 aromatic carbocycles. The van der Waals surface area contributed by atoms with Gasteiger partial charge in [-0.15, -0.1) is 0 Å². The van der Waals surface area contributed by atoms with Crippen molar-refractivity contribution < 1.29 is 4.79 Å². The molecule has 0 spiro atoms. The summed E-state index contributed by atoms with van der Waals surface area (Å²) in [6, 6.07) is 6.85. The smallest absolute Gasteiger partial charge is 0.254 e. The number of hydrogen-bond acceptors (Lipinski definition) is 2. The molecule has 2 aliphatic rings. The Labute approximate surface area is 135 Å². The maximum atomic E-state index is 12.8. The molecule has 1 saturated heterocycles. The number of amides is 1. The molecule has 21 heavy (non-hydrogen) atoms. The van der Waals surface area contributed by atoms with E-state index in [1.54, 1.807) is 0 Å². The fraction of sp³-hybridized carbons (Fsp3) is 0.588. The highest BCUT2D eigenvalue weighted by Gasteiger charge is 2.34. The molecule has 1 N–H and O–H groups in total. The first-order chi connectivity index (χ1) is 10.1. The zero-order valence-electron chi connectivity index (χ0n) is 12.6. The van der Waals surface area contributed by atoms with Crippen molar-refractivity contribution in [2.45, 2.75) is 51.1 Å². The Hall–Kier alpha value is -0.870. The third-order valence-corrected chi connectivity index (χ3v) is 5.35. The van der Waals surface area contributed by atoms with Crippen molar-refractivity contribution in [2.75, 3.05) is 13.1 Å². The lowest BCUT2D eigenvalue weighted by molar-refractivity contribution is 0.0718. The molecule has 1 amide bonds. The van der Waals surface area contributed by atoms with Crippen LogP contribution in [0.3, 0.4) is 0 Å². The molecule has 0 aromatic heterocycles. The van der Waals surface area contributed by atoms with Gasteiger partial charge in [0.25, 0.3) is 5.91 Å². The van der Waals surface area contributed by atoms with E-state index in [0.717, 1.165) is 36.0 Å². The molecular formula is C17H23BrN2O. The summed E-state index contributed by atoms with van der Waals surface area (Å²) in [7, 11) is 0. The van der Waals surface area contributed by atoms with E-state index in [4.69, 9.17) is 0 Å². The minimum Gasteiger partial charge on any atom is -0.334 e. The van der Waals surface area contributed by atoms with E-state index in [2.05, 4.69) is 26.1 Å². The molecule has 1 saturated carbocycles. The Morgan fingerprint density at radius 3 is 2.76 bits per heavy atom. The van der Waals surface area contributed by atoms with Crippen molar-refractivity contribution in [1.82, 2.24) is 10.2 Å². The van der Waals surface area contributed by atoms with Gasteiger partial charge < -0.3 is 10.2 Å². The first-order valence-electron chi connectivity index (χ1n) is 7.95. The van der Waals surface area contributed by atoms with Crippen LogP contribution in [0.2, 0.25) is 0 Å². The monoisotopic (exact) mass is 350 g/mol. The van der Waals surface area contributed by atoms with E-state index >= 15 is 0 Å². The lowest BCUT2D eigenvalue weighted by Gasteiger charge is -2.31. The minimum atomic E-state index is 0.186. The standard InChI is InChI=1S/C17H23BrN2O/c1-12-5-6-13(10-16(12)18)17(21)20(15-7-8-15)11-14-4-2-3-9-19-14/h5-6,10,14-15,19H,2-4,7-9,11H2,1H3. The number of nitrogens with zero attached hydrogens (tertiary/aromatic N) is 1.